The fourth-order valence-electron chi connectivity index (χ4n) is 2.36. The van der Waals surface area contributed by atoms with Crippen molar-refractivity contribution in [1.82, 2.24) is 5.32 Å². The SMILES string of the molecule is COCC(NC1CCOC(C(C)C)C1)C(C)C. The second-order valence-electron chi connectivity index (χ2n) is 5.85. The predicted molar refractivity (Wildman–Crippen MR) is 71.2 cm³/mol. The molecule has 1 rings (SSSR count). The molecule has 1 saturated heterocycles. The molecule has 3 atom stereocenters. The van der Waals surface area contributed by atoms with E-state index in [9.17, 15) is 0 Å². The molecule has 0 amide bonds. The zero-order valence-corrected chi connectivity index (χ0v) is 12.0. The zero-order chi connectivity index (χ0) is 12.8. The van der Waals surface area contributed by atoms with E-state index in [1.807, 2.05) is 0 Å². The summed E-state index contributed by atoms with van der Waals surface area (Å²) in [5.41, 5.74) is 0. The van der Waals surface area contributed by atoms with Gasteiger partial charge >= 0.3 is 0 Å². The molecule has 0 aromatic heterocycles. The molecule has 3 heteroatoms. The van der Waals surface area contributed by atoms with Crippen molar-refractivity contribution in [2.75, 3.05) is 20.3 Å². The summed E-state index contributed by atoms with van der Waals surface area (Å²) < 4.78 is 11.1. The van der Waals surface area contributed by atoms with Gasteiger partial charge in [-0.25, -0.2) is 0 Å². The van der Waals surface area contributed by atoms with Crippen LogP contribution in [0.4, 0.5) is 0 Å². The molecule has 1 aliphatic heterocycles. The molecular weight excluding hydrogens is 214 g/mol. The van der Waals surface area contributed by atoms with E-state index in [1.165, 1.54) is 0 Å². The molecule has 0 saturated carbocycles. The highest BCUT2D eigenvalue weighted by Gasteiger charge is 2.27. The second-order valence-corrected chi connectivity index (χ2v) is 5.85. The van der Waals surface area contributed by atoms with Gasteiger partial charge < -0.3 is 14.8 Å². The molecule has 1 heterocycles. The van der Waals surface area contributed by atoms with E-state index in [4.69, 9.17) is 9.47 Å². The number of nitrogens with one attached hydrogen (secondary N) is 1. The van der Waals surface area contributed by atoms with E-state index in [2.05, 4.69) is 33.0 Å². The van der Waals surface area contributed by atoms with Gasteiger partial charge in [-0.2, -0.15) is 0 Å². The largest absolute Gasteiger partial charge is 0.383 e. The fraction of sp³-hybridized carbons (Fsp3) is 1.00. The molecule has 1 fully saturated rings. The van der Waals surface area contributed by atoms with E-state index in [-0.39, 0.29) is 0 Å². The van der Waals surface area contributed by atoms with Gasteiger partial charge in [-0.05, 0) is 24.7 Å². The summed E-state index contributed by atoms with van der Waals surface area (Å²) >= 11 is 0. The number of hydrogen-bond acceptors (Lipinski definition) is 3. The summed E-state index contributed by atoms with van der Waals surface area (Å²) in [5, 5.41) is 3.74. The normalized spacial score (nSPS) is 27.7. The number of rotatable bonds is 6. The minimum absolute atomic E-state index is 0.414. The van der Waals surface area contributed by atoms with Crippen LogP contribution in [0.25, 0.3) is 0 Å². The van der Waals surface area contributed by atoms with Gasteiger partial charge in [0.15, 0.2) is 0 Å². The highest BCUT2D eigenvalue weighted by Crippen LogP contribution is 2.21. The van der Waals surface area contributed by atoms with Crippen molar-refractivity contribution in [3.8, 4) is 0 Å². The highest BCUT2D eigenvalue weighted by atomic mass is 16.5. The summed E-state index contributed by atoms with van der Waals surface area (Å²) in [6.07, 6.45) is 2.66. The lowest BCUT2D eigenvalue weighted by atomic mass is 9.93. The van der Waals surface area contributed by atoms with Crippen LogP contribution >= 0.6 is 0 Å². The third-order valence-electron chi connectivity index (χ3n) is 3.66. The maximum absolute atomic E-state index is 5.80. The maximum Gasteiger partial charge on any atom is 0.0618 e. The maximum atomic E-state index is 5.80. The van der Waals surface area contributed by atoms with Crippen LogP contribution in [0, 0.1) is 11.8 Å². The van der Waals surface area contributed by atoms with E-state index in [0.29, 0.717) is 30.0 Å². The minimum atomic E-state index is 0.414. The zero-order valence-electron chi connectivity index (χ0n) is 12.0. The van der Waals surface area contributed by atoms with Gasteiger partial charge in [0.1, 0.15) is 0 Å². The van der Waals surface area contributed by atoms with Crippen LogP contribution in [-0.2, 0) is 9.47 Å². The Bertz CT molecular complexity index is 206. The third kappa shape index (κ3) is 4.94. The Labute approximate surface area is 106 Å². The highest BCUT2D eigenvalue weighted by molar-refractivity contribution is 4.82. The third-order valence-corrected chi connectivity index (χ3v) is 3.66. The molecular formula is C14H29NO2. The summed E-state index contributed by atoms with van der Waals surface area (Å²) in [5.74, 6) is 1.22. The molecule has 0 aromatic carbocycles. The van der Waals surface area contributed by atoms with Crippen LogP contribution < -0.4 is 5.32 Å². The van der Waals surface area contributed by atoms with E-state index >= 15 is 0 Å². The van der Waals surface area contributed by atoms with Crippen LogP contribution in [0.2, 0.25) is 0 Å². The van der Waals surface area contributed by atoms with E-state index in [0.717, 1.165) is 26.1 Å². The Balaban J connectivity index is 2.43. The van der Waals surface area contributed by atoms with Crippen molar-refractivity contribution in [1.29, 1.82) is 0 Å². The van der Waals surface area contributed by atoms with Crippen LogP contribution in [0.1, 0.15) is 40.5 Å². The van der Waals surface area contributed by atoms with Crippen LogP contribution in [0.5, 0.6) is 0 Å². The molecule has 17 heavy (non-hydrogen) atoms. The van der Waals surface area contributed by atoms with Gasteiger partial charge in [0.2, 0.25) is 0 Å². The molecule has 1 N–H and O–H groups in total. The minimum Gasteiger partial charge on any atom is -0.383 e. The second kappa shape index (κ2) is 7.34. The average Bonchev–Trinajstić information content (AvgIpc) is 2.28. The molecule has 0 radical (unpaired) electrons. The quantitative estimate of drug-likeness (QED) is 0.777. The first-order valence-electron chi connectivity index (χ1n) is 6.91. The van der Waals surface area contributed by atoms with Crippen LogP contribution in [0.3, 0.4) is 0 Å². The Hall–Kier alpha value is -0.120. The Morgan fingerprint density at radius 3 is 2.53 bits per heavy atom. The van der Waals surface area contributed by atoms with Crippen molar-refractivity contribution in [3.63, 3.8) is 0 Å². The molecule has 3 unspecified atom stereocenters. The van der Waals surface area contributed by atoms with E-state index < -0.39 is 0 Å². The van der Waals surface area contributed by atoms with Crippen molar-refractivity contribution in [2.24, 2.45) is 11.8 Å². The topological polar surface area (TPSA) is 30.5 Å². The smallest absolute Gasteiger partial charge is 0.0618 e. The molecule has 3 nitrogen and oxygen atoms in total. The summed E-state index contributed by atoms with van der Waals surface area (Å²) in [4.78, 5) is 0. The van der Waals surface area contributed by atoms with E-state index in [1.54, 1.807) is 7.11 Å². The first-order chi connectivity index (χ1) is 8.04. The molecule has 0 spiro atoms. The van der Waals surface area contributed by atoms with Crippen molar-refractivity contribution in [3.05, 3.63) is 0 Å². The lowest BCUT2D eigenvalue weighted by Crippen LogP contribution is -2.48. The lowest BCUT2D eigenvalue weighted by Gasteiger charge is -2.35. The average molecular weight is 243 g/mol. The van der Waals surface area contributed by atoms with Gasteiger partial charge in [0, 0.05) is 25.8 Å². The lowest BCUT2D eigenvalue weighted by molar-refractivity contribution is -0.0285. The number of hydrogen-bond donors (Lipinski definition) is 1. The first kappa shape index (κ1) is 14.9. The Morgan fingerprint density at radius 2 is 2.00 bits per heavy atom. The van der Waals surface area contributed by atoms with Crippen molar-refractivity contribution < 1.29 is 9.47 Å². The predicted octanol–water partition coefficient (Wildman–Crippen LogP) is 2.45. The van der Waals surface area contributed by atoms with Crippen LogP contribution in [0.15, 0.2) is 0 Å². The molecule has 102 valence electrons. The van der Waals surface area contributed by atoms with Gasteiger partial charge in [0.25, 0.3) is 0 Å². The summed E-state index contributed by atoms with van der Waals surface area (Å²) in [6.45, 7) is 10.6. The summed E-state index contributed by atoms with van der Waals surface area (Å²) in [7, 11) is 1.78. The van der Waals surface area contributed by atoms with Crippen molar-refractivity contribution >= 4 is 0 Å². The monoisotopic (exact) mass is 243 g/mol. The molecule has 0 aliphatic carbocycles. The first-order valence-corrected chi connectivity index (χ1v) is 6.91. The van der Waals surface area contributed by atoms with Crippen molar-refractivity contribution in [2.45, 2.75) is 58.7 Å². The number of ether oxygens (including phenoxy) is 2. The molecule has 1 aliphatic rings. The van der Waals surface area contributed by atoms with Gasteiger partial charge in [0.05, 0.1) is 12.7 Å². The van der Waals surface area contributed by atoms with Crippen LogP contribution in [-0.4, -0.2) is 38.5 Å². The fourth-order valence-corrected chi connectivity index (χ4v) is 2.36. The van der Waals surface area contributed by atoms with Gasteiger partial charge in [-0.3, -0.25) is 0 Å². The Morgan fingerprint density at radius 1 is 1.29 bits per heavy atom. The van der Waals surface area contributed by atoms with Gasteiger partial charge in [-0.1, -0.05) is 27.7 Å². The standard InChI is InChI=1S/C14H29NO2/c1-10(2)13(9-16-5)15-12-6-7-17-14(8-12)11(3)4/h10-15H,6-9H2,1-5H3. The molecule has 0 aromatic rings. The molecule has 0 bridgehead atoms. The summed E-state index contributed by atoms with van der Waals surface area (Å²) in [6, 6.07) is 1.04. The van der Waals surface area contributed by atoms with Gasteiger partial charge in [-0.15, -0.1) is 0 Å². The Kier molecular flexibility index (Phi) is 6.45. The number of methoxy groups -OCH3 is 1.